The second-order valence-corrected chi connectivity index (χ2v) is 15.9. The molecule has 1 heterocycles. The van der Waals surface area contributed by atoms with Gasteiger partial charge in [-0.15, -0.1) is 0 Å². The number of ether oxygens (including phenoxy) is 2. The van der Waals surface area contributed by atoms with Gasteiger partial charge in [0.15, 0.2) is 0 Å². The van der Waals surface area contributed by atoms with Gasteiger partial charge in [0.2, 0.25) is 0 Å². The van der Waals surface area contributed by atoms with E-state index in [-0.39, 0.29) is 12.1 Å². The van der Waals surface area contributed by atoms with Gasteiger partial charge < -0.3 is 20.1 Å². The van der Waals surface area contributed by atoms with Gasteiger partial charge in [-0.3, -0.25) is 4.90 Å². The lowest BCUT2D eigenvalue weighted by Crippen LogP contribution is -2.47. The number of nitrogens with one attached hydrogen (secondary N) is 2. The zero-order valence-corrected chi connectivity index (χ0v) is 23.4. The quantitative estimate of drug-likeness (QED) is 0.441. The lowest BCUT2D eigenvalue weighted by molar-refractivity contribution is 0.0323. The van der Waals surface area contributed by atoms with Crippen molar-refractivity contribution in [3.63, 3.8) is 0 Å². The molecule has 0 aromatic heterocycles. The molecule has 0 spiro atoms. The molecule has 2 aromatic rings. The molecule has 0 bridgehead atoms. The Balaban J connectivity index is 1.45. The number of fused-ring (bicyclic) bond motifs is 1. The average Bonchev–Trinajstić information content (AvgIpc) is 2.86. The molecule has 2 aromatic carbocycles. The topological polar surface area (TPSA) is 62.8 Å². The van der Waals surface area contributed by atoms with Crippen LogP contribution in [0.5, 0.6) is 5.75 Å². The molecule has 36 heavy (non-hydrogen) atoms. The minimum Gasteiger partial charge on any atom is -0.492 e. The van der Waals surface area contributed by atoms with E-state index in [4.69, 9.17) is 9.47 Å². The monoisotopic (exact) mass is 507 g/mol. The molecular formula is C29H41N3O3Si. The molecular weight excluding hydrogens is 466 g/mol. The van der Waals surface area contributed by atoms with E-state index in [2.05, 4.69) is 67.2 Å². The van der Waals surface area contributed by atoms with Crippen LogP contribution in [0.25, 0.3) is 10.8 Å². The summed E-state index contributed by atoms with van der Waals surface area (Å²) in [7, 11) is -1.48. The fourth-order valence-corrected chi connectivity index (χ4v) is 7.40. The Kier molecular flexibility index (Phi) is 8.54. The van der Waals surface area contributed by atoms with Crippen LogP contribution >= 0.6 is 0 Å². The summed E-state index contributed by atoms with van der Waals surface area (Å²) in [6.07, 6.45) is 5.49. The standard InChI is InChI=1S/C29H41N3O3Si/c1-6-22-27(36(3,4)5)14-11-21(2)28(22)31-29(33)30-25-12-13-26(24-10-8-7-9-23(24)25)35-20-17-32-15-18-34-19-16-32/h7-14,22,28H,6,15-20H2,1-5H3,(H2,30,31,33). The van der Waals surface area contributed by atoms with E-state index in [9.17, 15) is 4.79 Å². The molecule has 1 saturated heterocycles. The zero-order chi connectivity index (χ0) is 25.7. The third kappa shape index (κ3) is 6.20. The molecule has 2 aliphatic rings. The average molecular weight is 508 g/mol. The van der Waals surface area contributed by atoms with E-state index in [1.807, 2.05) is 30.3 Å². The number of rotatable bonds is 8. The van der Waals surface area contributed by atoms with Gasteiger partial charge in [-0.1, -0.05) is 73.8 Å². The first-order valence-electron chi connectivity index (χ1n) is 13.2. The summed E-state index contributed by atoms with van der Waals surface area (Å²) in [5.41, 5.74) is 1.99. The van der Waals surface area contributed by atoms with Gasteiger partial charge >= 0.3 is 6.03 Å². The summed E-state index contributed by atoms with van der Waals surface area (Å²) in [5, 5.41) is 9.90. The fourth-order valence-electron chi connectivity index (χ4n) is 5.34. The minimum atomic E-state index is -1.48. The number of hydrogen-bond donors (Lipinski definition) is 2. The maximum Gasteiger partial charge on any atom is 0.319 e. The Hall–Kier alpha value is -2.61. The highest BCUT2D eigenvalue weighted by Crippen LogP contribution is 2.35. The summed E-state index contributed by atoms with van der Waals surface area (Å²) in [6, 6.07) is 11.8. The van der Waals surface area contributed by atoms with E-state index < -0.39 is 8.07 Å². The predicted octanol–water partition coefficient (Wildman–Crippen LogP) is 5.83. The van der Waals surface area contributed by atoms with Crippen LogP contribution in [-0.4, -0.2) is 64.5 Å². The lowest BCUT2D eigenvalue weighted by Gasteiger charge is -2.37. The molecule has 0 saturated carbocycles. The third-order valence-electron chi connectivity index (χ3n) is 7.31. The molecule has 7 heteroatoms. The first-order chi connectivity index (χ1) is 17.3. The van der Waals surface area contributed by atoms with Crippen molar-refractivity contribution in [2.45, 2.75) is 46.0 Å². The van der Waals surface area contributed by atoms with Crippen LogP contribution in [0.4, 0.5) is 10.5 Å². The Morgan fingerprint density at radius 2 is 1.81 bits per heavy atom. The Morgan fingerprint density at radius 1 is 1.08 bits per heavy atom. The van der Waals surface area contributed by atoms with Crippen molar-refractivity contribution >= 4 is 30.6 Å². The van der Waals surface area contributed by atoms with Gasteiger partial charge in [0.05, 0.1) is 33.0 Å². The summed E-state index contributed by atoms with van der Waals surface area (Å²) in [5.74, 6) is 1.18. The van der Waals surface area contributed by atoms with E-state index >= 15 is 0 Å². The SMILES string of the molecule is CCC1C([Si](C)(C)C)=CC=C(C)C1NC(=O)Nc1ccc(OCCN2CCOCC2)c2ccccc12. The second kappa shape index (κ2) is 11.6. The molecule has 2 amide bonds. The van der Waals surface area contributed by atoms with Crippen LogP contribution in [0.3, 0.4) is 0 Å². The van der Waals surface area contributed by atoms with Crippen molar-refractivity contribution in [1.82, 2.24) is 10.2 Å². The van der Waals surface area contributed by atoms with E-state index in [0.717, 1.165) is 61.5 Å². The van der Waals surface area contributed by atoms with Crippen LogP contribution in [0, 0.1) is 5.92 Å². The van der Waals surface area contributed by atoms with E-state index in [1.165, 1.54) is 10.8 Å². The molecule has 6 nitrogen and oxygen atoms in total. The normalized spacial score (nSPS) is 21.0. The highest BCUT2D eigenvalue weighted by molar-refractivity contribution is 6.83. The highest BCUT2D eigenvalue weighted by Gasteiger charge is 2.34. The van der Waals surface area contributed by atoms with Gasteiger partial charge in [-0.05, 0) is 25.5 Å². The molecule has 0 radical (unpaired) electrons. The van der Waals surface area contributed by atoms with Crippen LogP contribution in [0.2, 0.25) is 19.6 Å². The number of anilines is 1. The Bertz CT molecular complexity index is 1130. The second-order valence-electron chi connectivity index (χ2n) is 10.8. The van der Waals surface area contributed by atoms with Gasteiger partial charge in [0, 0.05) is 36.3 Å². The summed E-state index contributed by atoms with van der Waals surface area (Å²) >= 11 is 0. The Labute approximate surface area is 216 Å². The third-order valence-corrected chi connectivity index (χ3v) is 9.58. The highest BCUT2D eigenvalue weighted by atomic mass is 28.3. The van der Waals surface area contributed by atoms with Crippen molar-refractivity contribution < 1.29 is 14.3 Å². The molecule has 2 atom stereocenters. The van der Waals surface area contributed by atoms with Crippen molar-refractivity contribution in [2.75, 3.05) is 44.8 Å². The van der Waals surface area contributed by atoms with Crippen LogP contribution in [0.1, 0.15) is 20.3 Å². The molecule has 4 rings (SSSR count). The summed E-state index contributed by atoms with van der Waals surface area (Å²) in [6.45, 7) is 16.4. The van der Waals surface area contributed by atoms with Crippen LogP contribution in [-0.2, 0) is 4.74 Å². The first-order valence-corrected chi connectivity index (χ1v) is 16.7. The maximum atomic E-state index is 13.2. The molecule has 2 unspecified atom stereocenters. The summed E-state index contributed by atoms with van der Waals surface area (Å²) < 4.78 is 11.6. The van der Waals surface area contributed by atoms with Gasteiger partial charge in [-0.25, -0.2) is 4.79 Å². The number of amides is 2. The van der Waals surface area contributed by atoms with Crippen LogP contribution in [0.15, 0.2) is 59.3 Å². The summed E-state index contributed by atoms with van der Waals surface area (Å²) in [4.78, 5) is 15.6. The van der Waals surface area contributed by atoms with Crippen LogP contribution < -0.4 is 15.4 Å². The number of nitrogens with zero attached hydrogens (tertiary/aromatic N) is 1. The molecule has 1 fully saturated rings. The number of benzene rings is 2. The number of hydrogen-bond acceptors (Lipinski definition) is 4. The molecule has 1 aliphatic heterocycles. The predicted molar refractivity (Wildman–Crippen MR) is 152 cm³/mol. The minimum absolute atomic E-state index is 0.00998. The van der Waals surface area contributed by atoms with Gasteiger partial charge in [0.25, 0.3) is 0 Å². The number of morpholine rings is 1. The Morgan fingerprint density at radius 3 is 2.50 bits per heavy atom. The fraction of sp³-hybridized carbons (Fsp3) is 0.483. The lowest BCUT2D eigenvalue weighted by atomic mass is 9.87. The number of allylic oxidation sites excluding steroid dienone is 2. The molecule has 2 N–H and O–H groups in total. The smallest absolute Gasteiger partial charge is 0.319 e. The maximum absolute atomic E-state index is 13.2. The molecule has 1 aliphatic carbocycles. The first kappa shape index (κ1) is 26.4. The van der Waals surface area contributed by atoms with Crippen molar-refractivity contribution in [1.29, 1.82) is 0 Å². The largest absolute Gasteiger partial charge is 0.492 e. The van der Waals surface area contributed by atoms with Crippen molar-refractivity contribution in [3.05, 3.63) is 59.3 Å². The van der Waals surface area contributed by atoms with Crippen molar-refractivity contribution in [3.8, 4) is 5.75 Å². The van der Waals surface area contributed by atoms with Gasteiger partial charge in [-0.2, -0.15) is 0 Å². The number of urea groups is 1. The number of carbonyl (C=O) groups is 1. The zero-order valence-electron chi connectivity index (χ0n) is 22.4. The van der Waals surface area contributed by atoms with E-state index in [0.29, 0.717) is 12.5 Å². The van der Waals surface area contributed by atoms with Gasteiger partial charge in [0.1, 0.15) is 12.4 Å². The number of carbonyl (C=O) groups excluding carboxylic acids is 1. The van der Waals surface area contributed by atoms with E-state index in [1.54, 1.807) is 0 Å². The molecule has 194 valence electrons. The van der Waals surface area contributed by atoms with Crippen molar-refractivity contribution in [2.24, 2.45) is 5.92 Å².